The first-order chi connectivity index (χ1) is 12.1. The molecule has 1 saturated heterocycles. The van der Waals surface area contributed by atoms with Crippen molar-refractivity contribution in [1.82, 2.24) is 9.13 Å². The van der Waals surface area contributed by atoms with Gasteiger partial charge in [-0.25, -0.2) is 0 Å². The zero-order valence-corrected chi connectivity index (χ0v) is 15.7. The van der Waals surface area contributed by atoms with Gasteiger partial charge >= 0.3 is 5.97 Å². The number of rotatable bonds is 5. The molecular weight excluding hydrogens is 334 g/mol. The molecule has 1 aromatic heterocycles. The van der Waals surface area contributed by atoms with Crippen molar-refractivity contribution in [3.8, 4) is 5.69 Å². The molecule has 0 saturated carbocycles. The number of esters is 1. The molecule has 25 heavy (non-hydrogen) atoms. The number of aryl methyl sites for hydroxylation is 1. The van der Waals surface area contributed by atoms with Crippen molar-refractivity contribution in [3.05, 3.63) is 47.0 Å². The Morgan fingerprint density at radius 1 is 1.36 bits per heavy atom. The van der Waals surface area contributed by atoms with E-state index >= 15 is 0 Å². The summed E-state index contributed by atoms with van der Waals surface area (Å²) in [6, 6.07) is 8.24. The summed E-state index contributed by atoms with van der Waals surface area (Å²) < 4.78 is 10.1. The zero-order chi connectivity index (χ0) is 17.8. The van der Waals surface area contributed by atoms with E-state index in [1.807, 2.05) is 31.5 Å². The Labute approximate surface area is 153 Å². The largest absolute Gasteiger partial charge is 0.466 e. The van der Waals surface area contributed by atoms with Crippen LogP contribution >= 0.6 is 12.2 Å². The molecule has 0 radical (unpaired) electrons. The molecule has 3 rings (SSSR count). The molecule has 2 heterocycles. The van der Waals surface area contributed by atoms with Gasteiger partial charge in [-0.2, -0.15) is 0 Å². The number of ether oxygens (including phenoxy) is 1. The van der Waals surface area contributed by atoms with E-state index < -0.39 is 0 Å². The summed E-state index contributed by atoms with van der Waals surface area (Å²) in [5.74, 6) is -0.0443. The maximum absolute atomic E-state index is 12.0. The number of nitrogens with zero attached hydrogens (tertiary/aromatic N) is 2. The predicted octanol–water partition coefficient (Wildman–Crippen LogP) is 2.13. The van der Waals surface area contributed by atoms with Crippen molar-refractivity contribution < 1.29 is 14.4 Å². The molecule has 1 fully saturated rings. The zero-order valence-electron chi connectivity index (χ0n) is 14.9. The predicted molar refractivity (Wildman–Crippen MR) is 99.4 cm³/mol. The number of carbonyl (C=O) groups is 1. The van der Waals surface area contributed by atoms with E-state index in [1.54, 1.807) is 0 Å². The lowest BCUT2D eigenvalue weighted by atomic mass is 9.99. The average molecular weight is 361 g/mol. The molecule has 5 nitrogen and oxygen atoms in total. The maximum atomic E-state index is 12.0. The molecule has 2 atom stereocenters. The van der Waals surface area contributed by atoms with Crippen LogP contribution in [0.5, 0.6) is 0 Å². The first-order valence-electron chi connectivity index (χ1n) is 8.94. The number of quaternary nitrogens is 1. The third-order valence-corrected chi connectivity index (χ3v) is 5.29. The molecule has 134 valence electrons. The first kappa shape index (κ1) is 17.9. The van der Waals surface area contributed by atoms with Gasteiger partial charge in [0.25, 0.3) is 0 Å². The molecule has 1 aromatic carbocycles. The van der Waals surface area contributed by atoms with E-state index in [2.05, 4.69) is 28.2 Å². The fourth-order valence-corrected chi connectivity index (χ4v) is 3.83. The second-order valence-corrected chi connectivity index (χ2v) is 7.03. The van der Waals surface area contributed by atoms with E-state index in [1.165, 1.54) is 10.5 Å². The highest BCUT2D eigenvalue weighted by Crippen LogP contribution is 2.14. The van der Waals surface area contributed by atoms with E-state index in [0.29, 0.717) is 6.61 Å². The first-order valence-corrected chi connectivity index (χ1v) is 9.35. The number of carbonyl (C=O) groups excluding carboxylic acids is 1. The molecule has 1 aliphatic heterocycles. The van der Waals surface area contributed by atoms with Gasteiger partial charge in [-0.05, 0) is 50.5 Å². The normalized spacial score (nSPS) is 20.4. The lowest BCUT2D eigenvalue weighted by molar-refractivity contribution is -0.930. The minimum Gasteiger partial charge on any atom is -0.466 e. The molecule has 0 spiro atoms. The smallest absolute Gasteiger partial charge is 0.314 e. The molecule has 1 unspecified atom stereocenters. The van der Waals surface area contributed by atoms with Gasteiger partial charge in [-0.3, -0.25) is 13.9 Å². The van der Waals surface area contributed by atoms with Crippen LogP contribution in [0.1, 0.15) is 25.3 Å². The van der Waals surface area contributed by atoms with E-state index in [0.717, 1.165) is 43.1 Å². The fourth-order valence-electron chi connectivity index (χ4n) is 3.55. The van der Waals surface area contributed by atoms with Gasteiger partial charge in [-0.1, -0.05) is 18.2 Å². The highest BCUT2D eigenvalue weighted by Gasteiger charge is 2.29. The summed E-state index contributed by atoms with van der Waals surface area (Å²) in [5.41, 5.74) is 2.31. The summed E-state index contributed by atoms with van der Waals surface area (Å²) in [7, 11) is 0. The second kappa shape index (κ2) is 7.97. The lowest BCUT2D eigenvalue weighted by Crippen LogP contribution is -3.13. The minimum absolute atomic E-state index is 0.0105. The second-order valence-electron chi connectivity index (χ2n) is 6.66. The lowest BCUT2D eigenvalue weighted by Gasteiger charge is -2.28. The molecule has 0 aliphatic carbocycles. The Balaban J connectivity index is 1.73. The van der Waals surface area contributed by atoms with Crippen LogP contribution in [0.15, 0.2) is 36.7 Å². The quantitative estimate of drug-likeness (QED) is 0.656. The summed E-state index contributed by atoms with van der Waals surface area (Å²) >= 11 is 5.68. The van der Waals surface area contributed by atoms with Gasteiger partial charge in [0, 0.05) is 12.4 Å². The van der Waals surface area contributed by atoms with Crippen LogP contribution in [0.3, 0.4) is 0 Å². The van der Waals surface area contributed by atoms with Crippen LogP contribution in [-0.2, 0) is 16.2 Å². The van der Waals surface area contributed by atoms with Gasteiger partial charge in [0.1, 0.15) is 5.92 Å². The number of aromatic nitrogens is 2. The number of para-hydroxylation sites is 1. The Kier molecular flexibility index (Phi) is 5.71. The Hall–Kier alpha value is -1.92. The summed E-state index contributed by atoms with van der Waals surface area (Å²) in [5, 5.41) is 0. The number of imidazole rings is 1. The summed E-state index contributed by atoms with van der Waals surface area (Å²) in [4.78, 5) is 13.4. The molecule has 6 heteroatoms. The van der Waals surface area contributed by atoms with Crippen LogP contribution in [0.2, 0.25) is 0 Å². The Morgan fingerprint density at radius 3 is 2.92 bits per heavy atom. The number of likely N-dealkylation sites (tertiary alicyclic amines) is 1. The van der Waals surface area contributed by atoms with Crippen LogP contribution in [-0.4, -0.2) is 34.8 Å². The Bertz CT molecular complexity index is 796. The van der Waals surface area contributed by atoms with Crippen molar-refractivity contribution in [2.75, 3.05) is 19.7 Å². The SMILES string of the molecule is CCOC(=O)[C@@H]1CCC[NH+](Cn2ccn(-c3ccccc3C)c2=S)C1. The van der Waals surface area contributed by atoms with Crippen molar-refractivity contribution in [3.63, 3.8) is 0 Å². The molecule has 2 aromatic rings. The average Bonchev–Trinajstić information content (AvgIpc) is 2.96. The number of piperidine rings is 1. The van der Waals surface area contributed by atoms with Gasteiger partial charge < -0.3 is 9.64 Å². The molecule has 1 N–H and O–H groups in total. The standard InChI is InChI=1S/C19H25N3O2S/c1-3-24-18(23)16-8-6-10-20(13-16)14-21-11-12-22(19(21)25)17-9-5-4-7-15(17)2/h4-5,7,9,11-12,16H,3,6,8,10,13-14H2,1-2H3/p+1/t16-/m1/s1. The van der Waals surface area contributed by atoms with Crippen molar-refractivity contribution in [1.29, 1.82) is 0 Å². The molecule has 0 bridgehead atoms. The van der Waals surface area contributed by atoms with Crippen molar-refractivity contribution in [2.45, 2.75) is 33.4 Å². The van der Waals surface area contributed by atoms with Gasteiger partial charge in [0.05, 0.1) is 25.4 Å². The molecular formula is C19H26N3O2S+. The van der Waals surface area contributed by atoms with E-state index in [9.17, 15) is 4.79 Å². The molecule has 0 amide bonds. The Morgan fingerprint density at radius 2 is 2.16 bits per heavy atom. The van der Waals surface area contributed by atoms with E-state index in [4.69, 9.17) is 17.0 Å². The van der Waals surface area contributed by atoms with Gasteiger partial charge in [-0.15, -0.1) is 0 Å². The number of benzene rings is 1. The van der Waals surface area contributed by atoms with E-state index in [-0.39, 0.29) is 11.9 Å². The van der Waals surface area contributed by atoms with Crippen molar-refractivity contribution >= 4 is 18.2 Å². The number of hydrogen-bond acceptors (Lipinski definition) is 3. The number of nitrogens with one attached hydrogen (secondary N) is 1. The maximum Gasteiger partial charge on any atom is 0.314 e. The fraction of sp³-hybridized carbons (Fsp3) is 0.474. The van der Waals surface area contributed by atoms with Crippen molar-refractivity contribution in [2.24, 2.45) is 5.92 Å². The third-order valence-electron chi connectivity index (χ3n) is 4.85. The highest BCUT2D eigenvalue weighted by atomic mass is 32.1. The number of hydrogen-bond donors (Lipinski definition) is 1. The van der Waals surface area contributed by atoms with Crippen LogP contribution in [0.4, 0.5) is 0 Å². The van der Waals surface area contributed by atoms with Crippen LogP contribution in [0.25, 0.3) is 5.69 Å². The van der Waals surface area contributed by atoms with Crippen LogP contribution < -0.4 is 4.90 Å². The molecule has 1 aliphatic rings. The highest BCUT2D eigenvalue weighted by molar-refractivity contribution is 7.71. The summed E-state index contributed by atoms with van der Waals surface area (Å²) in [6.07, 6.45) is 6.04. The topological polar surface area (TPSA) is 40.6 Å². The third kappa shape index (κ3) is 4.02. The van der Waals surface area contributed by atoms with Gasteiger partial charge in [0.2, 0.25) is 0 Å². The van der Waals surface area contributed by atoms with Gasteiger partial charge in [0.15, 0.2) is 11.4 Å². The van der Waals surface area contributed by atoms with Crippen LogP contribution in [0, 0.1) is 17.6 Å². The minimum atomic E-state index is -0.0548. The monoisotopic (exact) mass is 360 g/mol. The summed E-state index contributed by atoms with van der Waals surface area (Å²) in [6.45, 7) is 7.07.